The second-order valence-corrected chi connectivity index (χ2v) is 12.7. The number of ether oxygens (including phenoxy) is 1. The van der Waals surface area contributed by atoms with Crippen LogP contribution in [0.2, 0.25) is 10.0 Å². The van der Waals surface area contributed by atoms with Crippen molar-refractivity contribution in [2.24, 2.45) is 11.1 Å². The summed E-state index contributed by atoms with van der Waals surface area (Å²) in [4.78, 5) is 15.8. The average Bonchev–Trinajstić information content (AvgIpc) is 2.89. The molecule has 5 nitrogen and oxygen atoms in total. The molecule has 210 valence electrons. The first-order valence-corrected chi connectivity index (χ1v) is 14.4. The number of carbonyl (C=O) groups excluding carboxylic acids is 1. The molecule has 7 heteroatoms. The van der Waals surface area contributed by atoms with Crippen molar-refractivity contribution >= 4 is 34.7 Å². The molecule has 1 atom stereocenters. The SMILES string of the molecule is Cc1ccc(OCc2cc(C3C(C#N)=C(N)N(c4ccc(Cl)cc4Cl)C4=C3C(=O)CC(C)(C)C4)c(C)cc2C)cc1. The van der Waals surface area contributed by atoms with Gasteiger partial charge in [0, 0.05) is 22.7 Å². The Hall–Kier alpha value is -3.72. The molecule has 0 fully saturated rings. The fourth-order valence-corrected chi connectivity index (χ4v) is 6.43. The van der Waals surface area contributed by atoms with Gasteiger partial charge in [0.1, 0.15) is 18.2 Å². The fraction of sp³-hybridized carbons (Fsp3) is 0.294. The molecule has 3 aromatic rings. The highest BCUT2D eigenvalue weighted by molar-refractivity contribution is 6.36. The van der Waals surface area contributed by atoms with Crippen molar-refractivity contribution in [1.29, 1.82) is 5.26 Å². The van der Waals surface area contributed by atoms with Gasteiger partial charge in [0.25, 0.3) is 0 Å². The van der Waals surface area contributed by atoms with Crippen LogP contribution in [0.1, 0.15) is 60.4 Å². The smallest absolute Gasteiger partial charge is 0.162 e. The highest BCUT2D eigenvalue weighted by atomic mass is 35.5. The largest absolute Gasteiger partial charge is 0.489 e. The van der Waals surface area contributed by atoms with Crippen molar-refractivity contribution < 1.29 is 9.53 Å². The minimum atomic E-state index is -0.598. The Morgan fingerprint density at radius 1 is 1.02 bits per heavy atom. The molecule has 2 aliphatic rings. The molecule has 0 saturated carbocycles. The van der Waals surface area contributed by atoms with Crippen LogP contribution >= 0.6 is 23.2 Å². The van der Waals surface area contributed by atoms with E-state index in [1.54, 1.807) is 23.1 Å². The van der Waals surface area contributed by atoms with Crippen LogP contribution in [0.4, 0.5) is 5.69 Å². The van der Waals surface area contributed by atoms with Crippen LogP contribution in [0.3, 0.4) is 0 Å². The number of nitrogens with zero attached hydrogens (tertiary/aromatic N) is 2. The second kappa shape index (κ2) is 10.9. The van der Waals surface area contributed by atoms with E-state index in [1.165, 1.54) is 0 Å². The lowest BCUT2D eigenvalue weighted by atomic mass is 9.68. The van der Waals surface area contributed by atoms with Crippen molar-refractivity contribution in [3.8, 4) is 11.8 Å². The van der Waals surface area contributed by atoms with Gasteiger partial charge in [-0.3, -0.25) is 9.69 Å². The van der Waals surface area contributed by atoms with Crippen molar-refractivity contribution in [1.82, 2.24) is 0 Å². The topological polar surface area (TPSA) is 79.3 Å². The number of hydrogen-bond donors (Lipinski definition) is 1. The number of hydrogen-bond acceptors (Lipinski definition) is 5. The van der Waals surface area contributed by atoms with Crippen LogP contribution in [0, 0.1) is 37.5 Å². The summed E-state index contributed by atoms with van der Waals surface area (Å²) >= 11 is 12.9. The van der Waals surface area contributed by atoms with E-state index in [2.05, 4.69) is 32.0 Å². The zero-order chi connectivity index (χ0) is 29.6. The average molecular weight is 587 g/mol. The Morgan fingerprint density at radius 2 is 1.73 bits per heavy atom. The van der Waals surface area contributed by atoms with Gasteiger partial charge in [-0.25, -0.2) is 0 Å². The number of rotatable bonds is 5. The second-order valence-electron chi connectivity index (χ2n) is 11.8. The Balaban J connectivity index is 1.67. The predicted molar refractivity (Wildman–Crippen MR) is 165 cm³/mol. The zero-order valence-electron chi connectivity index (χ0n) is 23.9. The predicted octanol–water partition coefficient (Wildman–Crippen LogP) is 8.44. The molecule has 0 saturated heterocycles. The molecule has 1 unspecified atom stereocenters. The summed E-state index contributed by atoms with van der Waals surface area (Å²) in [7, 11) is 0. The lowest BCUT2D eigenvalue weighted by molar-refractivity contribution is -0.118. The number of anilines is 1. The Labute approximate surface area is 251 Å². The van der Waals surface area contributed by atoms with Crippen LogP contribution < -0.4 is 15.4 Å². The van der Waals surface area contributed by atoms with Crippen LogP contribution in [-0.4, -0.2) is 5.78 Å². The number of Topliss-reactive ketones (excluding diaryl/α,β-unsaturated/α-hetero) is 1. The molecule has 0 spiro atoms. The van der Waals surface area contributed by atoms with Gasteiger partial charge in [-0.15, -0.1) is 0 Å². The van der Waals surface area contributed by atoms with E-state index in [0.29, 0.717) is 46.3 Å². The number of carbonyl (C=O) groups is 1. The highest BCUT2D eigenvalue weighted by Gasteiger charge is 2.45. The Morgan fingerprint density at radius 3 is 2.39 bits per heavy atom. The maximum Gasteiger partial charge on any atom is 0.162 e. The molecule has 0 amide bonds. The number of nitrogens with two attached hydrogens (primary N) is 1. The molecular formula is C34H33Cl2N3O2. The summed E-state index contributed by atoms with van der Waals surface area (Å²) in [5.41, 5.74) is 13.9. The zero-order valence-corrected chi connectivity index (χ0v) is 25.5. The van der Waals surface area contributed by atoms with Gasteiger partial charge in [0.15, 0.2) is 5.78 Å². The molecule has 0 bridgehead atoms. The number of aryl methyl sites for hydroxylation is 3. The highest BCUT2D eigenvalue weighted by Crippen LogP contribution is 2.51. The molecule has 0 radical (unpaired) electrons. The van der Waals surface area contributed by atoms with Gasteiger partial charge in [-0.05, 0) is 85.2 Å². The van der Waals surface area contributed by atoms with E-state index in [9.17, 15) is 10.1 Å². The van der Waals surface area contributed by atoms with Gasteiger partial charge in [-0.2, -0.15) is 5.26 Å². The summed E-state index contributed by atoms with van der Waals surface area (Å²) < 4.78 is 6.12. The number of benzene rings is 3. The van der Waals surface area contributed by atoms with Crippen LogP contribution in [0.5, 0.6) is 5.75 Å². The summed E-state index contributed by atoms with van der Waals surface area (Å²) in [5.74, 6) is 0.457. The van der Waals surface area contributed by atoms with Crippen molar-refractivity contribution in [2.75, 3.05) is 4.90 Å². The van der Waals surface area contributed by atoms with Crippen LogP contribution in [0.15, 0.2) is 77.3 Å². The summed E-state index contributed by atoms with van der Waals surface area (Å²) in [6.45, 7) is 10.6. The summed E-state index contributed by atoms with van der Waals surface area (Å²) in [6.07, 6.45) is 0.967. The standard InChI is InChI=1S/C34H33Cl2N3O2/c1-19-6-9-24(10-7-19)41-18-22-13-25(21(3)12-20(22)2)31-26(17-37)33(38)39(28-11-8-23(35)14-27(28)36)29-15-34(4,5)16-30(40)32(29)31/h6-14,31H,15-16,18,38H2,1-5H3. The summed E-state index contributed by atoms with van der Waals surface area (Å²) in [6, 6.07) is 19.6. The van der Waals surface area contributed by atoms with E-state index < -0.39 is 5.92 Å². The minimum absolute atomic E-state index is 0.00835. The lowest BCUT2D eigenvalue weighted by Crippen LogP contribution is -2.42. The van der Waals surface area contributed by atoms with E-state index in [1.807, 2.05) is 45.0 Å². The maximum absolute atomic E-state index is 14.0. The third kappa shape index (κ3) is 5.47. The molecule has 0 aromatic heterocycles. The normalized spacial score (nSPS) is 18.3. The van der Waals surface area contributed by atoms with Gasteiger partial charge >= 0.3 is 0 Å². The Kier molecular flexibility index (Phi) is 7.68. The first-order chi connectivity index (χ1) is 19.4. The minimum Gasteiger partial charge on any atom is -0.489 e. The number of halogens is 2. The molecule has 1 heterocycles. The van der Waals surface area contributed by atoms with Gasteiger partial charge in [0.05, 0.1) is 28.3 Å². The molecule has 1 aliphatic carbocycles. The monoisotopic (exact) mass is 585 g/mol. The van der Waals surface area contributed by atoms with E-state index in [4.69, 9.17) is 33.7 Å². The van der Waals surface area contributed by atoms with Crippen LogP contribution in [-0.2, 0) is 11.4 Å². The number of ketones is 1. The number of allylic oxidation sites excluding steroid dienone is 3. The summed E-state index contributed by atoms with van der Waals surface area (Å²) in [5, 5.41) is 11.4. The molecule has 41 heavy (non-hydrogen) atoms. The van der Waals surface area contributed by atoms with Gasteiger partial charge in [-0.1, -0.05) is 66.9 Å². The van der Waals surface area contributed by atoms with Crippen molar-refractivity contribution in [2.45, 2.75) is 60.0 Å². The van der Waals surface area contributed by atoms with E-state index in [-0.39, 0.29) is 17.0 Å². The molecule has 1 aliphatic heterocycles. The Bertz CT molecular complexity index is 1660. The lowest BCUT2D eigenvalue weighted by Gasteiger charge is -2.44. The van der Waals surface area contributed by atoms with Crippen molar-refractivity contribution in [3.05, 3.63) is 115 Å². The third-order valence-electron chi connectivity index (χ3n) is 7.98. The van der Waals surface area contributed by atoms with E-state index >= 15 is 0 Å². The van der Waals surface area contributed by atoms with Gasteiger partial charge < -0.3 is 10.5 Å². The fourth-order valence-electron chi connectivity index (χ4n) is 5.94. The van der Waals surface area contributed by atoms with Crippen LogP contribution in [0.25, 0.3) is 0 Å². The molecule has 5 rings (SSSR count). The maximum atomic E-state index is 14.0. The quantitative estimate of drug-likeness (QED) is 0.325. The van der Waals surface area contributed by atoms with Crippen molar-refractivity contribution in [3.63, 3.8) is 0 Å². The first kappa shape index (κ1) is 28.8. The molecule has 3 aromatic carbocycles. The molecule has 2 N–H and O–H groups in total. The first-order valence-electron chi connectivity index (χ1n) is 13.6. The molecular weight excluding hydrogens is 553 g/mol. The number of nitriles is 1. The van der Waals surface area contributed by atoms with Gasteiger partial charge in [0.2, 0.25) is 0 Å². The van der Waals surface area contributed by atoms with E-state index in [0.717, 1.165) is 39.3 Å². The third-order valence-corrected chi connectivity index (χ3v) is 8.52.